The fourth-order valence-electron chi connectivity index (χ4n) is 7.16. The number of rotatable bonds is 2. The van der Waals surface area contributed by atoms with Crippen LogP contribution in [0, 0.1) is 0 Å². The van der Waals surface area contributed by atoms with Gasteiger partial charge in [0.05, 0.1) is 16.7 Å². The Balaban J connectivity index is 1.26. The summed E-state index contributed by atoms with van der Waals surface area (Å²) in [6, 6.07) is 45.3. The van der Waals surface area contributed by atoms with Gasteiger partial charge in [-0.3, -0.25) is 4.57 Å². The highest BCUT2D eigenvalue weighted by Crippen LogP contribution is 2.40. The van der Waals surface area contributed by atoms with Crippen molar-refractivity contribution in [2.45, 2.75) is 6.04 Å². The van der Waals surface area contributed by atoms with Crippen molar-refractivity contribution in [3.63, 3.8) is 0 Å². The number of aromatic nitrogens is 1. The second-order valence-electron chi connectivity index (χ2n) is 11.8. The number of fused-ring (bicyclic) bond motifs is 9. The summed E-state index contributed by atoms with van der Waals surface area (Å²) in [6.45, 7) is 4.66. The maximum absolute atomic E-state index is 6.31. The Kier molecular flexibility index (Phi) is 5.14. The van der Waals surface area contributed by atoms with Gasteiger partial charge < -0.3 is 8.83 Å². The summed E-state index contributed by atoms with van der Waals surface area (Å²) in [7, 11) is 0. The van der Waals surface area contributed by atoms with Crippen molar-refractivity contribution in [3.8, 4) is 0 Å². The Morgan fingerprint density at radius 3 is 1.89 bits per heavy atom. The topological polar surface area (TPSA) is 55.9 Å². The zero-order valence-electron chi connectivity index (χ0n) is 24.6. The molecule has 0 N–H and O–H groups in total. The Labute approximate surface area is 263 Å². The molecule has 216 valence electrons. The first-order valence-corrected chi connectivity index (χ1v) is 15.4. The minimum Gasteiger partial charge on any atom is -0.456 e. The number of benzene rings is 6. The smallest absolute Gasteiger partial charge is 0.231 e. The van der Waals surface area contributed by atoms with Gasteiger partial charge in [-0.2, -0.15) is 0 Å². The number of nitrogens with zero attached hydrogens (tertiary/aromatic N) is 3. The van der Waals surface area contributed by atoms with Crippen LogP contribution >= 0.6 is 0 Å². The average Bonchev–Trinajstić information content (AvgIpc) is 3.78. The van der Waals surface area contributed by atoms with Crippen LogP contribution in [0.15, 0.2) is 164 Å². The quantitative estimate of drug-likeness (QED) is 0.201. The minimum absolute atomic E-state index is 0.395. The lowest BCUT2D eigenvalue weighted by molar-refractivity contribution is 0.667. The van der Waals surface area contributed by atoms with Crippen LogP contribution in [0.25, 0.3) is 65.7 Å². The normalized spacial score (nSPS) is 15.5. The highest BCUT2D eigenvalue weighted by molar-refractivity contribution is 6.28. The van der Waals surface area contributed by atoms with Crippen molar-refractivity contribution < 1.29 is 8.83 Å². The van der Waals surface area contributed by atoms with Crippen LogP contribution in [-0.2, 0) is 0 Å². The van der Waals surface area contributed by atoms with Gasteiger partial charge in [-0.1, -0.05) is 104 Å². The van der Waals surface area contributed by atoms with Crippen LogP contribution in [0.1, 0.15) is 17.2 Å². The average molecular weight is 592 g/mol. The number of furan rings is 2. The maximum atomic E-state index is 6.31. The first kappa shape index (κ1) is 25.2. The minimum atomic E-state index is -0.395. The number of hydrogen-bond donors (Lipinski definition) is 0. The van der Waals surface area contributed by atoms with E-state index in [1.807, 2.05) is 48.5 Å². The van der Waals surface area contributed by atoms with Gasteiger partial charge in [-0.25, -0.2) is 9.98 Å². The van der Waals surface area contributed by atoms with Crippen LogP contribution < -0.4 is 0 Å². The number of hydrogen-bond acceptors (Lipinski definition) is 4. The zero-order chi connectivity index (χ0) is 30.4. The van der Waals surface area contributed by atoms with Gasteiger partial charge in [0.1, 0.15) is 28.4 Å². The molecule has 0 amide bonds. The first-order chi connectivity index (χ1) is 22.7. The monoisotopic (exact) mass is 591 g/mol. The molecular weight excluding hydrogens is 566 g/mol. The van der Waals surface area contributed by atoms with Gasteiger partial charge in [0.15, 0.2) is 0 Å². The summed E-state index contributed by atoms with van der Waals surface area (Å²) in [5, 5.41) is 6.56. The van der Waals surface area contributed by atoms with E-state index < -0.39 is 6.04 Å². The third kappa shape index (κ3) is 3.51. The lowest BCUT2D eigenvalue weighted by Gasteiger charge is -2.25. The zero-order valence-corrected chi connectivity index (χ0v) is 24.6. The standard InChI is InChI=1S/C41H25N3O2/c1-24-39(25-21-22-29-28-13-4-8-18-34(28)46-37(29)23-25)42-41(44-32-16-6-2-11-26(32)27-12-3-7-17-33(27)44)43-40(24)31-15-10-20-36-38(31)30-14-5-9-19-35(30)45-36/h2-23,39H,1H2. The molecule has 0 saturated heterocycles. The highest BCUT2D eigenvalue weighted by atomic mass is 16.3. The molecule has 1 aliphatic rings. The molecule has 3 aromatic heterocycles. The van der Waals surface area contributed by atoms with Crippen molar-refractivity contribution in [3.05, 3.63) is 157 Å². The second-order valence-corrected chi connectivity index (χ2v) is 11.8. The van der Waals surface area contributed by atoms with Crippen LogP contribution in [0.3, 0.4) is 0 Å². The predicted octanol–water partition coefficient (Wildman–Crippen LogP) is 10.6. The van der Waals surface area contributed by atoms with Crippen LogP contribution in [0.4, 0.5) is 0 Å². The van der Waals surface area contributed by atoms with E-state index in [0.717, 1.165) is 88.1 Å². The van der Waals surface area contributed by atoms with E-state index in [1.165, 1.54) is 0 Å². The number of para-hydroxylation sites is 4. The van der Waals surface area contributed by atoms with Gasteiger partial charge in [0.2, 0.25) is 5.96 Å². The summed E-state index contributed by atoms with van der Waals surface area (Å²) < 4.78 is 14.8. The lowest BCUT2D eigenvalue weighted by atomic mass is 9.90. The van der Waals surface area contributed by atoms with Gasteiger partial charge in [0, 0.05) is 43.5 Å². The largest absolute Gasteiger partial charge is 0.456 e. The van der Waals surface area contributed by atoms with E-state index >= 15 is 0 Å². The molecule has 0 aliphatic carbocycles. The summed E-state index contributed by atoms with van der Waals surface area (Å²) in [6.07, 6.45) is 0. The molecule has 6 aromatic carbocycles. The molecule has 5 heteroatoms. The van der Waals surface area contributed by atoms with Gasteiger partial charge in [-0.15, -0.1) is 0 Å². The summed E-state index contributed by atoms with van der Waals surface area (Å²) in [5.74, 6) is 0.610. The van der Waals surface area contributed by atoms with Crippen molar-refractivity contribution in [1.29, 1.82) is 0 Å². The Morgan fingerprint density at radius 1 is 0.543 bits per heavy atom. The van der Waals surface area contributed by atoms with Gasteiger partial charge >= 0.3 is 0 Å². The highest BCUT2D eigenvalue weighted by Gasteiger charge is 2.30. The molecule has 0 fully saturated rings. The summed E-state index contributed by atoms with van der Waals surface area (Å²) in [5.41, 5.74) is 9.02. The fraction of sp³-hybridized carbons (Fsp3) is 0.0244. The van der Waals surface area contributed by atoms with Crippen LogP contribution in [-0.4, -0.2) is 16.2 Å². The van der Waals surface area contributed by atoms with Gasteiger partial charge in [-0.05, 0) is 42.0 Å². The van der Waals surface area contributed by atoms with Crippen LogP contribution in [0.5, 0.6) is 0 Å². The van der Waals surface area contributed by atoms with E-state index in [1.54, 1.807) is 0 Å². The molecule has 9 aromatic rings. The molecule has 4 heterocycles. The van der Waals surface area contributed by atoms with Crippen molar-refractivity contribution in [2.75, 3.05) is 0 Å². The molecule has 1 aliphatic heterocycles. The molecule has 0 saturated carbocycles. The van der Waals surface area contributed by atoms with Crippen molar-refractivity contribution in [2.24, 2.45) is 9.98 Å². The molecule has 1 unspecified atom stereocenters. The molecule has 46 heavy (non-hydrogen) atoms. The van der Waals surface area contributed by atoms with Crippen LogP contribution in [0.2, 0.25) is 0 Å². The Hall–Kier alpha value is -6.20. The molecule has 1 atom stereocenters. The summed E-state index contributed by atoms with van der Waals surface area (Å²) >= 11 is 0. The molecule has 0 radical (unpaired) electrons. The summed E-state index contributed by atoms with van der Waals surface area (Å²) in [4.78, 5) is 10.7. The Morgan fingerprint density at radius 2 is 1.13 bits per heavy atom. The second kappa shape index (κ2) is 9.40. The molecule has 5 nitrogen and oxygen atoms in total. The molecule has 10 rings (SSSR count). The third-order valence-electron chi connectivity index (χ3n) is 9.25. The number of aliphatic imine (C=N–C) groups is 2. The van der Waals surface area contributed by atoms with E-state index in [2.05, 4.69) is 96.1 Å². The molecular formula is C41H25N3O2. The first-order valence-electron chi connectivity index (χ1n) is 15.4. The fourth-order valence-corrected chi connectivity index (χ4v) is 7.16. The van der Waals surface area contributed by atoms with Gasteiger partial charge in [0.25, 0.3) is 0 Å². The predicted molar refractivity (Wildman–Crippen MR) is 188 cm³/mol. The van der Waals surface area contributed by atoms with E-state index in [-0.39, 0.29) is 0 Å². The SMILES string of the molecule is C=C1C(c2cccc3oc4ccccc4c23)=NC(n2c3ccccc3c3ccccc32)=NC1c1ccc2c(c1)oc1ccccc12. The molecule has 0 spiro atoms. The van der Waals surface area contributed by atoms with Crippen molar-refractivity contribution >= 4 is 77.4 Å². The molecule has 0 bridgehead atoms. The van der Waals surface area contributed by atoms with E-state index in [9.17, 15) is 0 Å². The Bertz CT molecular complexity index is 2740. The maximum Gasteiger partial charge on any atom is 0.231 e. The van der Waals surface area contributed by atoms with E-state index in [4.69, 9.17) is 18.8 Å². The van der Waals surface area contributed by atoms with E-state index in [0.29, 0.717) is 5.96 Å². The van der Waals surface area contributed by atoms with Crippen molar-refractivity contribution in [1.82, 2.24) is 4.57 Å². The lowest BCUT2D eigenvalue weighted by Crippen LogP contribution is -2.23. The third-order valence-corrected chi connectivity index (χ3v) is 9.25.